The van der Waals surface area contributed by atoms with Gasteiger partial charge in [-0.1, -0.05) is 18.5 Å². The summed E-state index contributed by atoms with van der Waals surface area (Å²) in [6.45, 7) is 2.05. The van der Waals surface area contributed by atoms with Crippen LogP contribution in [-0.2, 0) is 22.4 Å². The second-order valence-corrected chi connectivity index (χ2v) is 5.76. The molecule has 2 rings (SSSR count). The fraction of sp³-hybridized carbons (Fsp3) is 0.733. The quantitative estimate of drug-likeness (QED) is 0.757. The third kappa shape index (κ3) is 4.54. The first-order valence-corrected chi connectivity index (χ1v) is 7.93. The number of hydrogen-bond donors (Lipinski definition) is 2. The Kier molecular flexibility index (Phi) is 5.91. The van der Waals surface area contributed by atoms with Crippen LogP contribution >= 0.6 is 0 Å². The number of rotatable bonds is 8. The number of carboxylic acids is 1. The topological polar surface area (TPSA) is 105 Å². The Morgan fingerprint density at radius 2 is 2.18 bits per heavy atom. The second kappa shape index (κ2) is 7.91. The van der Waals surface area contributed by atoms with E-state index in [9.17, 15) is 9.59 Å². The first-order valence-electron chi connectivity index (χ1n) is 7.93. The third-order valence-corrected chi connectivity index (χ3v) is 3.96. The first kappa shape index (κ1) is 16.5. The fourth-order valence-electron chi connectivity index (χ4n) is 2.82. The highest BCUT2D eigenvalue weighted by Crippen LogP contribution is 2.25. The van der Waals surface area contributed by atoms with Crippen LogP contribution in [0.2, 0.25) is 0 Å². The molecule has 0 bridgehead atoms. The predicted molar refractivity (Wildman–Crippen MR) is 78.1 cm³/mol. The molecule has 0 aliphatic heterocycles. The second-order valence-electron chi connectivity index (χ2n) is 5.76. The zero-order valence-electron chi connectivity index (χ0n) is 12.9. The molecule has 1 fully saturated rings. The van der Waals surface area contributed by atoms with Gasteiger partial charge in [0.25, 0.3) is 0 Å². The maximum absolute atomic E-state index is 11.9. The van der Waals surface area contributed by atoms with Crippen LogP contribution in [0.5, 0.6) is 0 Å². The van der Waals surface area contributed by atoms with Crippen LogP contribution in [0.1, 0.15) is 57.2 Å². The highest BCUT2D eigenvalue weighted by molar-refractivity contribution is 5.78. The molecule has 1 aromatic rings. The number of nitrogens with zero attached hydrogens (tertiary/aromatic N) is 2. The van der Waals surface area contributed by atoms with Crippen LogP contribution in [-0.4, -0.2) is 33.2 Å². The van der Waals surface area contributed by atoms with Gasteiger partial charge in [0, 0.05) is 25.3 Å². The van der Waals surface area contributed by atoms with E-state index in [1.807, 2.05) is 6.92 Å². The van der Waals surface area contributed by atoms with E-state index < -0.39 is 11.9 Å². The number of aromatic nitrogens is 2. The number of hydrogen-bond acceptors (Lipinski definition) is 5. The molecular weight excluding hydrogens is 286 g/mol. The maximum atomic E-state index is 11.9. The first-order chi connectivity index (χ1) is 10.6. The normalized spacial score (nSPS) is 21.0. The third-order valence-electron chi connectivity index (χ3n) is 3.96. The van der Waals surface area contributed by atoms with Gasteiger partial charge in [0.1, 0.15) is 0 Å². The SMILES string of the molecule is CCCc1noc(CCCC(=O)N[C@@H]2CCC[C@@H]2C(=O)O)n1. The van der Waals surface area contributed by atoms with E-state index in [1.165, 1.54) is 0 Å². The van der Waals surface area contributed by atoms with E-state index in [-0.39, 0.29) is 11.9 Å². The lowest BCUT2D eigenvalue weighted by Crippen LogP contribution is -2.40. The standard InChI is InChI=1S/C15H23N3O4/c1-2-5-12-17-14(22-18-12)9-4-8-13(19)16-11-7-3-6-10(11)15(20)21/h10-11H,2-9H2,1H3,(H,16,19)(H,20,21)/t10-,11+/m0/s1. The summed E-state index contributed by atoms with van der Waals surface area (Å²) in [6, 6.07) is -0.232. The maximum Gasteiger partial charge on any atom is 0.308 e. The molecular formula is C15H23N3O4. The van der Waals surface area contributed by atoms with Crippen molar-refractivity contribution in [2.45, 2.75) is 64.3 Å². The molecule has 1 saturated carbocycles. The molecule has 7 nitrogen and oxygen atoms in total. The van der Waals surface area contributed by atoms with E-state index in [4.69, 9.17) is 9.63 Å². The Hall–Kier alpha value is -1.92. The Balaban J connectivity index is 1.70. The summed E-state index contributed by atoms with van der Waals surface area (Å²) in [7, 11) is 0. The molecule has 1 amide bonds. The smallest absolute Gasteiger partial charge is 0.308 e. The van der Waals surface area contributed by atoms with Crippen molar-refractivity contribution >= 4 is 11.9 Å². The molecule has 2 N–H and O–H groups in total. The lowest BCUT2D eigenvalue weighted by atomic mass is 10.0. The van der Waals surface area contributed by atoms with Crippen LogP contribution in [0, 0.1) is 5.92 Å². The van der Waals surface area contributed by atoms with Gasteiger partial charge in [-0.15, -0.1) is 0 Å². The lowest BCUT2D eigenvalue weighted by Gasteiger charge is -2.17. The van der Waals surface area contributed by atoms with Crippen LogP contribution in [0.25, 0.3) is 0 Å². The average molecular weight is 309 g/mol. The number of carbonyl (C=O) groups is 2. The minimum absolute atomic E-state index is 0.105. The van der Waals surface area contributed by atoms with Crippen LogP contribution < -0.4 is 5.32 Å². The monoisotopic (exact) mass is 309 g/mol. The van der Waals surface area contributed by atoms with Crippen molar-refractivity contribution in [2.75, 3.05) is 0 Å². The molecule has 1 aliphatic carbocycles. The number of amides is 1. The Bertz CT molecular complexity index is 515. The van der Waals surface area contributed by atoms with Crippen LogP contribution in [0.15, 0.2) is 4.52 Å². The number of aliphatic carboxylic acids is 1. The van der Waals surface area contributed by atoms with Crippen LogP contribution in [0.3, 0.4) is 0 Å². The fourth-order valence-corrected chi connectivity index (χ4v) is 2.82. The van der Waals surface area contributed by atoms with Gasteiger partial charge in [0.15, 0.2) is 5.82 Å². The lowest BCUT2D eigenvalue weighted by molar-refractivity contribution is -0.142. The molecule has 1 aliphatic rings. The van der Waals surface area contributed by atoms with E-state index in [0.717, 1.165) is 25.7 Å². The van der Waals surface area contributed by atoms with Crippen molar-refractivity contribution in [2.24, 2.45) is 5.92 Å². The largest absolute Gasteiger partial charge is 0.481 e. The van der Waals surface area contributed by atoms with Crippen LogP contribution in [0.4, 0.5) is 0 Å². The van der Waals surface area contributed by atoms with E-state index in [1.54, 1.807) is 0 Å². The van der Waals surface area contributed by atoms with Crippen molar-refractivity contribution in [3.63, 3.8) is 0 Å². The van der Waals surface area contributed by atoms with Gasteiger partial charge >= 0.3 is 5.97 Å². The summed E-state index contributed by atoms with van der Waals surface area (Å²) in [5, 5.41) is 15.8. The molecule has 0 radical (unpaired) electrons. The van der Waals surface area contributed by atoms with Gasteiger partial charge in [0.2, 0.25) is 11.8 Å². The van der Waals surface area contributed by atoms with Crippen molar-refractivity contribution in [3.8, 4) is 0 Å². The molecule has 1 aromatic heterocycles. The Morgan fingerprint density at radius 3 is 2.91 bits per heavy atom. The van der Waals surface area contributed by atoms with E-state index in [0.29, 0.717) is 37.4 Å². The number of aryl methyl sites for hydroxylation is 2. The summed E-state index contributed by atoms with van der Waals surface area (Å²) in [5.41, 5.74) is 0. The molecule has 0 unspecified atom stereocenters. The zero-order valence-corrected chi connectivity index (χ0v) is 12.9. The molecule has 2 atom stereocenters. The summed E-state index contributed by atoms with van der Waals surface area (Å²) >= 11 is 0. The minimum Gasteiger partial charge on any atom is -0.481 e. The number of carboxylic acid groups (broad SMARTS) is 1. The summed E-state index contributed by atoms with van der Waals surface area (Å²) in [6.07, 6.45) is 5.52. The molecule has 1 heterocycles. The Labute approximate surface area is 129 Å². The van der Waals surface area contributed by atoms with Gasteiger partial charge in [-0.25, -0.2) is 0 Å². The summed E-state index contributed by atoms with van der Waals surface area (Å²) in [4.78, 5) is 27.2. The summed E-state index contributed by atoms with van der Waals surface area (Å²) < 4.78 is 5.11. The number of carbonyl (C=O) groups excluding carboxylic acids is 1. The van der Waals surface area contributed by atoms with Gasteiger partial charge in [-0.3, -0.25) is 9.59 Å². The highest BCUT2D eigenvalue weighted by atomic mass is 16.5. The molecule has 22 heavy (non-hydrogen) atoms. The molecule has 122 valence electrons. The average Bonchev–Trinajstić information content (AvgIpc) is 3.09. The van der Waals surface area contributed by atoms with Crippen molar-refractivity contribution < 1.29 is 19.2 Å². The molecule has 0 saturated heterocycles. The van der Waals surface area contributed by atoms with Gasteiger partial charge < -0.3 is 14.9 Å². The van der Waals surface area contributed by atoms with Crippen molar-refractivity contribution in [3.05, 3.63) is 11.7 Å². The van der Waals surface area contributed by atoms with Crippen molar-refractivity contribution in [1.29, 1.82) is 0 Å². The highest BCUT2D eigenvalue weighted by Gasteiger charge is 2.33. The number of nitrogens with one attached hydrogen (secondary N) is 1. The van der Waals surface area contributed by atoms with E-state index in [2.05, 4.69) is 15.5 Å². The van der Waals surface area contributed by atoms with Gasteiger partial charge in [0.05, 0.1) is 5.92 Å². The Morgan fingerprint density at radius 1 is 1.36 bits per heavy atom. The molecule has 0 spiro atoms. The van der Waals surface area contributed by atoms with E-state index >= 15 is 0 Å². The van der Waals surface area contributed by atoms with Crippen molar-refractivity contribution in [1.82, 2.24) is 15.5 Å². The minimum atomic E-state index is -0.822. The zero-order chi connectivity index (χ0) is 15.9. The van der Waals surface area contributed by atoms with Gasteiger partial charge in [-0.05, 0) is 25.7 Å². The summed E-state index contributed by atoms with van der Waals surface area (Å²) in [5.74, 6) is -0.113. The predicted octanol–water partition coefficient (Wildman–Crippen LogP) is 1.71. The van der Waals surface area contributed by atoms with Gasteiger partial charge in [-0.2, -0.15) is 4.98 Å². The molecule has 0 aromatic carbocycles. The molecule has 7 heteroatoms.